The molecule has 290 valence electrons. The Morgan fingerprint density at radius 2 is 0.943 bits per heavy atom. The molecule has 0 bridgehead atoms. The average molecular weight is 741 g/mol. The molecule has 6 rings (SSSR count). The zero-order chi connectivity index (χ0) is 37.4. The van der Waals surface area contributed by atoms with Crippen LogP contribution in [-0.4, -0.2) is 118 Å². The molecule has 0 aromatic heterocycles. The van der Waals surface area contributed by atoms with E-state index < -0.39 is 86.2 Å². The summed E-state index contributed by atoms with van der Waals surface area (Å²) in [5.74, 6) is -2.79. The Bertz CT molecular complexity index is 1520. The van der Waals surface area contributed by atoms with Crippen LogP contribution in [0.3, 0.4) is 0 Å². The van der Waals surface area contributed by atoms with Crippen LogP contribution < -0.4 is 0 Å². The molecule has 13 nitrogen and oxygen atoms in total. The van der Waals surface area contributed by atoms with Crippen LogP contribution in [0.2, 0.25) is 0 Å². The largest absolute Gasteiger partial charge is 0.394 e. The van der Waals surface area contributed by atoms with Gasteiger partial charge in [-0.15, -0.1) is 0 Å². The number of rotatable bonds is 16. The van der Waals surface area contributed by atoms with Gasteiger partial charge < -0.3 is 62.3 Å². The first-order valence-corrected chi connectivity index (χ1v) is 17.9. The molecule has 0 amide bonds. The van der Waals surface area contributed by atoms with Gasteiger partial charge in [-0.3, -0.25) is 0 Å². The number of hydrogen-bond donors (Lipinski definition) is 2. The van der Waals surface area contributed by atoms with Crippen molar-refractivity contribution in [2.75, 3.05) is 34.5 Å². The Hall–Kier alpha value is -2.86. The van der Waals surface area contributed by atoms with E-state index in [-0.39, 0.29) is 19.8 Å². The van der Waals surface area contributed by atoms with Crippen molar-refractivity contribution in [1.82, 2.24) is 0 Å². The molecule has 13 heteroatoms. The van der Waals surface area contributed by atoms with E-state index in [4.69, 9.17) is 52.1 Å². The summed E-state index contributed by atoms with van der Waals surface area (Å²) in [6.07, 6.45) is -9.29. The van der Waals surface area contributed by atoms with E-state index in [0.717, 1.165) is 16.7 Å². The van der Waals surface area contributed by atoms with Crippen LogP contribution in [0.4, 0.5) is 0 Å². The van der Waals surface area contributed by atoms with E-state index >= 15 is 0 Å². The van der Waals surface area contributed by atoms with Crippen molar-refractivity contribution in [1.29, 1.82) is 0 Å². The minimum Gasteiger partial charge on any atom is -0.394 e. The van der Waals surface area contributed by atoms with Gasteiger partial charge in [-0.05, 0) is 30.5 Å². The molecule has 0 spiro atoms. The van der Waals surface area contributed by atoms with E-state index in [9.17, 15) is 10.2 Å². The van der Waals surface area contributed by atoms with Crippen LogP contribution in [-0.2, 0) is 71.9 Å². The summed E-state index contributed by atoms with van der Waals surface area (Å²) in [6, 6.07) is 29.2. The molecule has 3 saturated heterocycles. The fourth-order valence-corrected chi connectivity index (χ4v) is 7.00. The molecule has 3 aliphatic heterocycles. The summed E-state index contributed by atoms with van der Waals surface area (Å²) in [7, 11) is 4.45. The summed E-state index contributed by atoms with van der Waals surface area (Å²) in [6.45, 7) is 3.17. The van der Waals surface area contributed by atoms with Crippen LogP contribution in [0.25, 0.3) is 0 Å². The Morgan fingerprint density at radius 3 is 1.40 bits per heavy atom. The summed E-state index contributed by atoms with van der Waals surface area (Å²) >= 11 is 0. The van der Waals surface area contributed by atoms with Crippen LogP contribution >= 0.6 is 0 Å². The Labute approximate surface area is 310 Å². The van der Waals surface area contributed by atoms with E-state index in [1.807, 2.05) is 91.0 Å². The number of hydrogen-bond acceptors (Lipinski definition) is 13. The number of fused-ring (bicyclic) bond motifs is 1. The zero-order valence-corrected chi connectivity index (χ0v) is 30.9. The highest BCUT2D eigenvalue weighted by Gasteiger charge is 2.64. The third-order valence-corrected chi connectivity index (χ3v) is 10.2. The Kier molecular flexibility index (Phi) is 13.7. The molecule has 3 aliphatic rings. The molecule has 3 aromatic rings. The van der Waals surface area contributed by atoms with Crippen molar-refractivity contribution >= 4 is 0 Å². The lowest BCUT2D eigenvalue weighted by Gasteiger charge is -2.57. The van der Waals surface area contributed by atoms with Crippen molar-refractivity contribution < 1.29 is 62.3 Å². The second-order valence-electron chi connectivity index (χ2n) is 13.5. The highest BCUT2D eigenvalue weighted by Crippen LogP contribution is 2.45. The third-order valence-electron chi connectivity index (χ3n) is 10.2. The van der Waals surface area contributed by atoms with Crippen molar-refractivity contribution in [2.45, 2.75) is 107 Å². The minimum atomic E-state index is -1.41. The lowest BCUT2D eigenvalue weighted by Crippen LogP contribution is -2.74. The number of methoxy groups -OCH3 is 3. The molecular weight excluding hydrogens is 688 g/mol. The van der Waals surface area contributed by atoms with Crippen molar-refractivity contribution in [2.24, 2.45) is 0 Å². The van der Waals surface area contributed by atoms with Crippen LogP contribution in [0.1, 0.15) is 30.5 Å². The van der Waals surface area contributed by atoms with E-state index in [1.54, 1.807) is 13.8 Å². The Morgan fingerprint density at radius 1 is 0.528 bits per heavy atom. The zero-order valence-electron chi connectivity index (χ0n) is 30.9. The topological polar surface area (TPSA) is 142 Å². The van der Waals surface area contributed by atoms with Gasteiger partial charge in [0, 0.05) is 21.3 Å². The molecule has 1 unspecified atom stereocenters. The molecular formula is C40H52O13. The third kappa shape index (κ3) is 8.84. The lowest BCUT2D eigenvalue weighted by molar-refractivity contribution is -0.489. The van der Waals surface area contributed by atoms with Gasteiger partial charge in [0.15, 0.2) is 12.6 Å². The normalized spacial score (nSPS) is 35.8. The predicted molar refractivity (Wildman–Crippen MR) is 189 cm³/mol. The molecule has 0 aliphatic carbocycles. The molecule has 0 saturated carbocycles. The number of aliphatic hydroxyl groups is 2. The van der Waals surface area contributed by atoms with Gasteiger partial charge in [0.05, 0.1) is 33.0 Å². The van der Waals surface area contributed by atoms with Gasteiger partial charge in [-0.1, -0.05) is 91.0 Å². The molecule has 0 radical (unpaired) electrons. The smallest absolute Gasteiger partial charge is 0.220 e. The summed E-state index contributed by atoms with van der Waals surface area (Å²) in [5, 5.41) is 21.5. The molecule has 53 heavy (non-hydrogen) atoms. The summed E-state index contributed by atoms with van der Waals surface area (Å²) < 4.78 is 69.9. The van der Waals surface area contributed by atoms with Crippen LogP contribution in [0.5, 0.6) is 0 Å². The summed E-state index contributed by atoms with van der Waals surface area (Å²) in [5.41, 5.74) is 2.78. The second-order valence-corrected chi connectivity index (χ2v) is 13.5. The van der Waals surface area contributed by atoms with Crippen LogP contribution in [0, 0.1) is 0 Å². The van der Waals surface area contributed by atoms with E-state index in [0.29, 0.717) is 0 Å². The first-order chi connectivity index (χ1) is 25.8. The van der Waals surface area contributed by atoms with Gasteiger partial charge in [0.25, 0.3) is 0 Å². The Balaban J connectivity index is 1.36. The summed E-state index contributed by atoms with van der Waals surface area (Å²) in [4.78, 5) is 0. The monoisotopic (exact) mass is 740 g/mol. The maximum atomic E-state index is 10.8. The maximum absolute atomic E-state index is 10.8. The quantitative estimate of drug-likeness (QED) is 0.221. The lowest BCUT2D eigenvalue weighted by atomic mass is 9.93. The molecule has 3 aromatic carbocycles. The maximum Gasteiger partial charge on any atom is 0.220 e. The minimum absolute atomic E-state index is 0.186. The van der Waals surface area contributed by atoms with Gasteiger partial charge in [0.1, 0.15) is 48.8 Å². The van der Waals surface area contributed by atoms with Crippen LogP contribution in [0.15, 0.2) is 91.0 Å². The average Bonchev–Trinajstić information content (AvgIpc) is 3.20. The molecule has 12 atom stereocenters. The SMILES string of the molecule is CO[C@H]1O[C@H](CO)[C@H](OC2O[C@H](CO)[C@H](OCc3ccccc3)[C@H](OCc3ccccc3)[C@H]2OCc2ccccc2)[C@@H]2O[C@@](C)(OC)[C@](C)(OC)O[C@@H]12. The van der Waals surface area contributed by atoms with Crippen molar-refractivity contribution in [3.8, 4) is 0 Å². The fraction of sp³-hybridized carbons (Fsp3) is 0.550. The van der Waals surface area contributed by atoms with Crippen molar-refractivity contribution in [3.05, 3.63) is 108 Å². The molecule has 3 heterocycles. The first kappa shape index (κ1) is 39.8. The number of benzene rings is 3. The fourth-order valence-electron chi connectivity index (χ4n) is 7.00. The van der Waals surface area contributed by atoms with Gasteiger partial charge in [-0.2, -0.15) is 0 Å². The van der Waals surface area contributed by atoms with Gasteiger partial charge >= 0.3 is 0 Å². The van der Waals surface area contributed by atoms with Gasteiger partial charge in [-0.25, -0.2) is 0 Å². The number of aliphatic hydroxyl groups excluding tert-OH is 2. The predicted octanol–water partition coefficient (Wildman–Crippen LogP) is 3.72. The van der Waals surface area contributed by atoms with E-state index in [2.05, 4.69) is 0 Å². The molecule has 2 N–H and O–H groups in total. The highest BCUT2D eigenvalue weighted by molar-refractivity contribution is 5.16. The highest BCUT2D eigenvalue weighted by atomic mass is 16.8. The van der Waals surface area contributed by atoms with E-state index in [1.165, 1.54) is 21.3 Å². The standard InChI is InChI=1S/C40H52O13/c1-39(44-4)40(2,45-5)53-36-34(52-39)32(30(22-42)49-37(36)43-3)51-38-35(48-25-28-19-13-8-14-20-28)33(47-24-27-17-11-7-12-18-27)31(29(21-41)50-38)46-23-26-15-9-6-10-16-26/h6-20,29-38,41-42H,21-25H2,1-5H3/t29-,30-,31+,32+,33+,34+,35-,36-,37+,38?,39-,40-/m1/s1. The number of ether oxygens (including phenoxy) is 11. The van der Waals surface area contributed by atoms with Gasteiger partial charge in [0.2, 0.25) is 11.6 Å². The second kappa shape index (κ2) is 18.2. The first-order valence-electron chi connectivity index (χ1n) is 17.9. The molecule has 3 fully saturated rings. The van der Waals surface area contributed by atoms with Crippen molar-refractivity contribution in [3.63, 3.8) is 0 Å².